The van der Waals surface area contributed by atoms with Crippen LogP contribution in [0, 0.1) is 0 Å². The summed E-state index contributed by atoms with van der Waals surface area (Å²) in [5, 5.41) is 12.7. The fourth-order valence-corrected chi connectivity index (χ4v) is 4.72. The van der Waals surface area contributed by atoms with Crippen LogP contribution in [-0.4, -0.2) is 29.3 Å². The number of hydroxylamine groups is 1. The molecule has 0 fully saturated rings. The van der Waals surface area contributed by atoms with Crippen LogP contribution in [0.25, 0.3) is 11.3 Å². The van der Waals surface area contributed by atoms with Crippen molar-refractivity contribution in [2.75, 3.05) is 18.1 Å². The number of thiazole rings is 1. The lowest BCUT2D eigenvalue weighted by Crippen LogP contribution is -2.23. The Kier molecular flexibility index (Phi) is 6.22. The van der Waals surface area contributed by atoms with Crippen LogP contribution in [-0.2, 0) is 13.0 Å². The summed E-state index contributed by atoms with van der Waals surface area (Å²) in [5.41, 5.74) is 6.12. The van der Waals surface area contributed by atoms with Crippen molar-refractivity contribution < 1.29 is 14.7 Å². The van der Waals surface area contributed by atoms with Crippen molar-refractivity contribution in [2.24, 2.45) is 0 Å². The molecule has 2 heterocycles. The maximum absolute atomic E-state index is 11.9. The summed E-state index contributed by atoms with van der Waals surface area (Å²) in [6.07, 6.45) is 1.75. The van der Waals surface area contributed by atoms with E-state index in [1.54, 1.807) is 22.9 Å². The number of nitrogens with zero attached hydrogens (tertiary/aromatic N) is 2. The van der Waals surface area contributed by atoms with Gasteiger partial charge in [0.15, 0.2) is 5.13 Å². The molecule has 30 heavy (non-hydrogen) atoms. The summed E-state index contributed by atoms with van der Waals surface area (Å²) in [4.78, 5) is 19.0. The second kappa shape index (κ2) is 9.04. The minimum absolute atomic E-state index is 0.394. The third-order valence-electron chi connectivity index (χ3n) is 5.07. The Morgan fingerprint density at radius 1 is 1.37 bits per heavy atom. The predicted octanol–water partition coefficient (Wildman–Crippen LogP) is 4.93. The van der Waals surface area contributed by atoms with Crippen LogP contribution in [0.1, 0.15) is 34.8 Å². The average Bonchev–Trinajstić information content (AvgIpc) is 3.14. The molecule has 1 aliphatic rings. The number of aromatic nitrogens is 1. The highest BCUT2D eigenvalue weighted by atomic mass is 35.5. The lowest BCUT2D eigenvalue weighted by atomic mass is 9.99. The Balaban J connectivity index is 1.66. The van der Waals surface area contributed by atoms with Crippen LogP contribution >= 0.6 is 22.9 Å². The summed E-state index contributed by atoms with van der Waals surface area (Å²) in [5.74, 6) is 0.137. The molecule has 2 aromatic carbocycles. The van der Waals surface area contributed by atoms with E-state index in [2.05, 4.69) is 4.90 Å². The van der Waals surface area contributed by atoms with E-state index in [4.69, 9.17) is 26.5 Å². The maximum atomic E-state index is 11.9. The molecule has 0 radical (unpaired) electrons. The Morgan fingerprint density at radius 3 is 3.00 bits per heavy atom. The molecule has 0 saturated carbocycles. The minimum atomic E-state index is -0.536. The monoisotopic (exact) mass is 443 g/mol. The summed E-state index contributed by atoms with van der Waals surface area (Å²) < 4.78 is 5.85. The minimum Gasteiger partial charge on any atom is -0.493 e. The van der Waals surface area contributed by atoms with Crippen LogP contribution in [0.5, 0.6) is 5.75 Å². The molecule has 1 aliphatic heterocycles. The standard InChI is InChI=1S/C22H22ClN3O3S/c1-2-29-20-11-16(21(27)25-28)9-14-6-4-8-26(12-18(14)20)22-24-19(13-30-22)15-5-3-7-17(23)10-15/h3,5,7,9-11,13,28H,2,4,6,8,12H2,1H3,(H,25,27). The largest absolute Gasteiger partial charge is 0.493 e. The number of carbonyl (C=O) groups is 1. The number of halogens is 1. The molecule has 3 aromatic rings. The summed E-state index contributed by atoms with van der Waals surface area (Å²) in [7, 11) is 0. The van der Waals surface area contributed by atoms with Crippen molar-refractivity contribution in [3.8, 4) is 17.0 Å². The zero-order valence-electron chi connectivity index (χ0n) is 16.5. The summed E-state index contributed by atoms with van der Waals surface area (Å²) in [6.45, 7) is 3.91. The van der Waals surface area contributed by atoms with Crippen molar-refractivity contribution in [3.63, 3.8) is 0 Å². The molecule has 156 valence electrons. The number of hydrogen-bond donors (Lipinski definition) is 2. The van der Waals surface area contributed by atoms with Gasteiger partial charge in [-0.1, -0.05) is 23.7 Å². The topological polar surface area (TPSA) is 74.7 Å². The molecule has 1 amide bonds. The Labute approximate surface area is 184 Å². The van der Waals surface area contributed by atoms with Crippen molar-refractivity contribution >= 4 is 34.0 Å². The molecule has 0 spiro atoms. The van der Waals surface area contributed by atoms with Gasteiger partial charge in [-0.25, -0.2) is 10.5 Å². The Hall–Kier alpha value is -2.61. The highest BCUT2D eigenvalue weighted by Crippen LogP contribution is 2.34. The number of ether oxygens (including phenoxy) is 1. The van der Waals surface area contributed by atoms with Crippen LogP contribution in [0.2, 0.25) is 5.02 Å². The molecule has 0 bridgehead atoms. The smallest absolute Gasteiger partial charge is 0.274 e. The van der Waals surface area contributed by atoms with Gasteiger partial charge in [-0.3, -0.25) is 10.0 Å². The molecule has 0 aliphatic carbocycles. The molecular formula is C22H22ClN3O3S. The molecule has 0 unspecified atom stereocenters. The number of rotatable bonds is 5. The number of amides is 1. The molecule has 6 nitrogen and oxygen atoms in total. The van der Waals surface area contributed by atoms with Gasteiger partial charge in [-0.2, -0.15) is 0 Å². The normalized spacial score (nSPS) is 13.5. The van der Waals surface area contributed by atoms with Gasteiger partial charge >= 0.3 is 0 Å². The van der Waals surface area contributed by atoms with Crippen LogP contribution in [0.4, 0.5) is 5.13 Å². The number of benzene rings is 2. The van der Waals surface area contributed by atoms with E-state index >= 15 is 0 Å². The fourth-order valence-electron chi connectivity index (χ4n) is 3.67. The zero-order chi connectivity index (χ0) is 21.1. The van der Waals surface area contributed by atoms with E-state index in [1.807, 2.05) is 42.6 Å². The molecule has 4 rings (SSSR count). The van der Waals surface area contributed by atoms with Gasteiger partial charge in [0.1, 0.15) is 5.75 Å². The molecule has 1 aromatic heterocycles. The second-order valence-electron chi connectivity index (χ2n) is 7.04. The number of nitrogens with one attached hydrogen (secondary N) is 1. The maximum Gasteiger partial charge on any atom is 0.274 e. The number of aryl methyl sites for hydroxylation is 1. The Bertz CT molecular complexity index is 1070. The molecule has 2 N–H and O–H groups in total. The zero-order valence-corrected chi connectivity index (χ0v) is 18.1. The SMILES string of the molecule is CCOc1cc(C(=O)NO)cc2c1CN(c1nc(-c3cccc(Cl)c3)cs1)CCC2. The van der Waals surface area contributed by atoms with Crippen molar-refractivity contribution in [2.45, 2.75) is 26.3 Å². The van der Waals surface area contributed by atoms with Crippen molar-refractivity contribution in [3.05, 3.63) is 63.5 Å². The first-order valence-corrected chi connectivity index (χ1v) is 11.0. The lowest BCUT2D eigenvalue weighted by molar-refractivity contribution is 0.0706. The van der Waals surface area contributed by atoms with Gasteiger partial charge in [0, 0.05) is 40.2 Å². The third-order valence-corrected chi connectivity index (χ3v) is 6.21. The van der Waals surface area contributed by atoms with Gasteiger partial charge in [0.05, 0.1) is 12.3 Å². The molecule has 0 atom stereocenters. The van der Waals surface area contributed by atoms with Gasteiger partial charge < -0.3 is 9.64 Å². The van der Waals surface area contributed by atoms with E-state index in [0.717, 1.165) is 46.9 Å². The van der Waals surface area contributed by atoms with E-state index in [1.165, 1.54) is 0 Å². The van der Waals surface area contributed by atoms with Crippen molar-refractivity contribution in [1.29, 1.82) is 0 Å². The van der Waals surface area contributed by atoms with E-state index in [9.17, 15) is 4.79 Å². The van der Waals surface area contributed by atoms with Crippen LogP contribution in [0.15, 0.2) is 41.8 Å². The van der Waals surface area contributed by atoms with Gasteiger partial charge in [0.2, 0.25) is 0 Å². The first-order chi connectivity index (χ1) is 14.6. The molecule has 0 saturated heterocycles. The quantitative estimate of drug-likeness (QED) is 0.431. The van der Waals surface area contributed by atoms with Gasteiger partial charge in [-0.05, 0) is 49.6 Å². The first kappa shape index (κ1) is 20.7. The van der Waals surface area contributed by atoms with Crippen LogP contribution in [0.3, 0.4) is 0 Å². The van der Waals surface area contributed by atoms with Gasteiger partial charge in [-0.15, -0.1) is 11.3 Å². The highest BCUT2D eigenvalue weighted by Gasteiger charge is 2.23. The summed E-state index contributed by atoms with van der Waals surface area (Å²) >= 11 is 7.73. The molecule has 8 heteroatoms. The fraction of sp³-hybridized carbons (Fsp3) is 0.273. The first-order valence-electron chi connectivity index (χ1n) is 9.78. The lowest BCUT2D eigenvalue weighted by Gasteiger charge is -2.21. The third kappa shape index (κ3) is 4.28. The van der Waals surface area contributed by atoms with Gasteiger partial charge in [0.25, 0.3) is 5.91 Å². The van der Waals surface area contributed by atoms with E-state index in [0.29, 0.717) is 29.5 Å². The van der Waals surface area contributed by atoms with Crippen LogP contribution < -0.4 is 15.1 Å². The summed E-state index contributed by atoms with van der Waals surface area (Å²) in [6, 6.07) is 11.2. The van der Waals surface area contributed by atoms with E-state index in [-0.39, 0.29) is 0 Å². The van der Waals surface area contributed by atoms with E-state index < -0.39 is 5.91 Å². The Morgan fingerprint density at radius 2 is 2.23 bits per heavy atom. The predicted molar refractivity (Wildman–Crippen MR) is 119 cm³/mol. The number of hydrogen-bond acceptors (Lipinski definition) is 6. The second-order valence-corrected chi connectivity index (χ2v) is 8.31. The number of anilines is 1. The average molecular weight is 444 g/mol. The number of carbonyl (C=O) groups excluding carboxylic acids is 1. The highest BCUT2D eigenvalue weighted by molar-refractivity contribution is 7.14. The number of fused-ring (bicyclic) bond motifs is 1. The molecular weight excluding hydrogens is 422 g/mol. The van der Waals surface area contributed by atoms with Crippen molar-refractivity contribution in [1.82, 2.24) is 10.5 Å².